The third kappa shape index (κ3) is 5.31. The molecule has 0 radical (unpaired) electrons. The van der Waals surface area contributed by atoms with Crippen molar-refractivity contribution in [1.82, 2.24) is 20.1 Å². The molecule has 2 aromatic rings. The molecule has 194 valence electrons. The highest BCUT2D eigenvalue weighted by Crippen LogP contribution is 2.47. The largest absolute Gasteiger partial charge is 0.493 e. The fourth-order valence-corrected chi connectivity index (χ4v) is 5.05. The zero-order valence-electron chi connectivity index (χ0n) is 21.3. The Labute approximate surface area is 215 Å². The normalized spacial score (nSPS) is 22.6. The lowest BCUT2D eigenvalue weighted by atomic mass is 10.0. The van der Waals surface area contributed by atoms with Gasteiger partial charge in [-0.05, 0) is 63.8 Å². The van der Waals surface area contributed by atoms with E-state index in [1.807, 2.05) is 20.8 Å². The Morgan fingerprint density at radius 1 is 1.19 bits per heavy atom. The van der Waals surface area contributed by atoms with Gasteiger partial charge >= 0.3 is 6.09 Å². The van der Waals surface area contributed by atoms with Gasteiger partial charge in [0.25, 0.3) is 5.91 Å². The van der Waals surface area contributed by atoms with Crippen molar-refractivity contribution < 1.29 is 23.9 Å². The summed E-state index contributed by atoms with van der Waals surface area (Å²) in [6, 6.07) is 8.90. The van der Waals surface area contributed by atoms with E-state index in [4.69, 9.17) is 9.47 Å². The standard InChI is InChI=1S/C27H31N5O5/c1-27(2,3)37-26(35)31-13-16(14-31)15-36-19-4-5-22-21(10-19)20(6-7-29-22)25(34)30-12-24(33)32-18(11-28)8-17-9-23(17)32/h4-7,10,16-18,23H,8-9,12-15H2,1-3H3,(H,30,34)/t17-,18+,23+/m1/s1. The van der Waals surface area contributed by atoms with Crippen LogP contribution in [0.1, 0.15) is 44.0 Å². The van der Waals surface area contributed by atoms with Crippen molar-refractivity contribution in [2.45, 2.75) is 51.3 Å². The fraction of sp³-hybridized carbons (Fsp3) is 0.519. The predicted octanol–water partition coefficient (Wildman–Crippen LogP) is 2.72. The number of carbonyl (C=O) groups excluding carboxylic acids is 3. The number of ether oxygens (including phenoxy) is 2. The van der Waals surface area contributed by atoms with Crippen LogP contribution < -0.4 is 10.1 Å². The van der Waals surface area contributed by atoms with Crippen molar-refractivity contribution in [2.75, 3.05) is 26.2 Å². The molecule has 1 saturated carbocycles. The second-order valence-electron chi connectivity index (χ2n) is 11.0. The lowest BCUT2D eigenvalue weighted by Gasteiger charge is -2.39. The number of rotatable bonds is 6. The van der Waals surface area contributed by atoms with Crippen molar-refractivity contribution in [1.29, 1.82) is 5.26 Å². The number of fused-ring (bicyclic) bond motifs is 2. The van der Waals surface area contributed by atoms with Crippen LogP contribution in [0.3, 0.4) is 0 Å². The molecule has 10 heteroatoms. The minimum atomic E-state index is -0.525. The lowest BCUT2D eigenvalue weighted by Crippen LogP contribution is -2.53. The summed E-state index contributed by atoms with van der Waals surface area (Å²) in [6.45, 7) is 6.92. The molecule has 0 unspecified atom stereocenters. The maximum atomic E-state index is 13.0. The highest BCUT2D eigenvalue weighted by Gasteiger charge is 2.53. The number of piperidine rings is 1. The first-order valence-electron chi connectivity index (χ1n) is 12.6. The summed E-state index contributed by atoms with van der Waals surface area (Å²) in [5, 5.41) is 12.7. The molecule has 3 atom stereocenters. The van der Waals surface area contributed by atoms with Crippen LogP contribution in [0.5, 0.6) is 5.75 Å². The van der Waals surface area contributed by atoms with Gasteiger partial charge < -0.3 is 24.6 Å². The van der Waals surface area contributed by atoms with Gasteiger partial charge in [-0.15, -0.1) is 0 Å². The number of amides is 3. The van der Waals surface area contributed by atoms with Crippen LogP contribution in [0.15, 0.2) is 30.5 Å². The first-order valence-corrected chi connectivity index (χ1v) is 12.6. The summed E-state index contributed by atoms with van der Waals surface area (Å²) in [7, 11) is 0. The second-order valence-corrected chi connectivity index (χ2v) is 11.0. The van der Waals surface area contributed by atoms with Gasteiger partial charge in [0.15, 0.2) is 0 Å². The van der Waals surface area contributed by atoms with Crippen molar-refractivity contribution in [3.05, 3.63) is 36.0 Å². The van der Waals surface area contributed by atoms with Crippen LogP contribution in [0.25, 0.3) is 10.9 Å². The second kappa shape index (κ2) is 9.54. The van der Waals surface area contributed by atoms with Gasteiger partial charge in [-0.1, -0.05) is 0 Å². The molecule has 2 aliphatic heterocycles. The number of aromatic nitrogens is 1. The van der Waals surface area contributed by atoms with Gasteiger partial charge in [0, 0.05) is 36.6 Å². The Kier molecular flexibility index (Phi) is 6.40. The summed E-state index contributed by atoms with van der Waals surface area (Å²) >= 11 is 0. The van der Waals surface area contributed by atoms with Crippen molar-refractivity contribution >= 4 is 28.8 Å². The maximum Gasteiger partial charge on any atom is 0.410 e. The van der Waals surface area contributed by atoms with E-state index in [0.29, 0.717) is 47.8 Å². The SMILES string of the molecule is CC(C)(C)OC(=O)N1CC(COc2ccc3nccc(C(=O)NCC(=O)N4[C@H](C#N)C[C@@H]5C[C@@H]54)c3c2)C1. The molecule has 10 nitrogen and oxygen atoms in total. The predicted molar refractivity (Wildman–Crippen MR) is 134 cm³/mol. The molecule has 3 amide bonds. The summed E-state index contributed by atoms with van der Waals surface area (Å²) < 4.78 is 11.3. The molecule has 1 aromatic heterocycles. The van der Waals surface area contributed by atoms with Gasteiger partial charge in [-0.2, -0.15) is 5.26 Å². The first-order chi connectivity index (χ1) is 17.6. The van der Waals surface area contributed by atoms with E-state index >= 15 is 0 Å². The molecule has 0 bridgehead atoms. The van der Waals surface area contributed by atoms with Crippen LogP contribution in [0.4, 0.5) is 4.79 Å². The molecule has 2 saturated heterocycles. The zero-order chi connectivity index (χ0) is 26.3. The van der Waals surface area contributed by atoms with E-state index in [-0.39, 0.29) is 36.4 Å². The van der Waals surface area contributed by atoms with Crippen molar-refractivity contribution in [3.8, 4) is 11.8 Å². The number of hydrogen-bond acceptors (Lipinski definition) is 7. The third-order valence-corrected chi connectivity index (χ3v) is 6.99. The zero-order valence-corrected chi connectivity index (χ0v) is 21.3. The smallest absolute Gasteiger partial charge is 0.410 e. The number of pyridine rings is 1. The Morgan fingerprint density at radius 2 is 1.97 bits per heavy atom. The number of nitrogens with zero attached hydrogens (tertiary/aromatic N) is 4. The number of likely N-dealkylation sites (tertiary alicyclic amines) is 2. The number of nitrogens with one attached hydrogen (secondary N) is 1. The molecular formula is C27H31N5O5. The average Bonchev–Trinajstić information content (AvgIpc) is 3.48. The Morgan fingerprint density at radius 3 is 2.70 bits per heavy atom. The summed E-state index contributed by atoms with van der Waals surface area (Å²) in [5.74, 6) is 0.597. The van der Waals surface area contributed by atoms with E-state index in [1.165, 1.54) is 0 Å². The highest BCUT2D eigenvalue weighted by molar-refractivity contribution is 6.07. The van der Waals surface area contributed by atoms with E-state index in [0.717, 1.165) is 12.8 Å². The fourth-order valence-electron chi connectivity index (χ4n) is 5.05. The number of nitriles is 1. The minimum absolute atomic E-state index is 0.141. The molecular weight excluding hydrogens is 474 g/mol. The van der Waals surface area contributed by atoms with Crippen LogP contribution in [-0.2, 0) is 9.53 Å². The molecule has 1 aliphatic carbocycles. The summed E-state index contributed by atoms with van der Waals surface area (Å²) in [6.07, 6.45) is 2.90. The number of hydrogen-bond donors (Lipinski definition) is 1. The first kappa shape index (κ1) is 24.8. The maximum absolute atomic E-state index is 13.0. The van der Waals surface area contributed by atoms with Gasteiger partial charge in [-0.25, -0.2) is 4.79 Å². The van der Waals surface area contributed by atoms with E-state index in [9.17, 15) is 19.6 Å². The van der Waals surface area contributed by atoms with E-state index in [1.54, 1.807) is 40.3 Å². The minimum Gasteiger partial charge on any atom is -0.493 e. The lowest BCUT2D eigenvalue weighted by molar-refractivity contribution is -0.131. The monoisotopic (exact) mass is 505 g/mol. The van der Waals surface area contributed by atoms with Crippen molar-refractivity contribution in [3.63, 3.8) is 0 Å². The van der Waals surface area contributed by atoms with Crippen LogP contribution in [0, 0.1) is 23.2 Å². The summed E-state index contributed by atoms with van der Waals surface area (Å²) in [4.78, 5) is 45.4. The third-order valence-electron chi connectivity index (χ3n) is 6.99. The van der Waals surface area contributed by atoms with Gasteiger partial charge in [0.05, 0.1) is 30.3 Å². The Bertz CT molecular complexity index is 1280. The molecule has 3 fully saturated rings. The molecule has 3 aliphatic rings. The highest BCUT2D eigenvalue weighted by atomic mass is 16.6. The van der Waals surface area contributed by atoms with E-state index < -0.39 is 11.6 Å². The topological polar surface area (TPSA) is 125 Å². The molecule has 1 N–H and O–H groups in total. The average molecular weight is 506 g/mol. The Hall–Kier alpha value is -3.87. The van der Waals surface area contributed by atoms with Gasteiger partial charge in [0.2, 0.25) is 5.91 Å². The van der Waals surface area contributed by atoms with E-state index in [2.05, 4.69) is 16.4 Å². The van der Waals surface area contributed by atoms with Crippen LogP contribution >= 0.6 is 0 Å². The number of benzene rings is 1. The van der Waals surface area contributed by atoms with Crippen molar-refractivity contribution in [2.24, 2.45) is 11.8 Å². The quantitative estimate of drug-likeness (QED) is 0.640. The van der Waals surface area contributed by atoms with Crippen LogP contribution in [-0.4, -0.2) is 76.6 Å². The van der Waals surface area contributed by atoms with Crippen LogP contribution in [0.2, 0.25) is 0 Å². The molecule has 0 spiro atoms. The Balaban J connectivity index is 1.17. The number of carbonyl (C=O) groups is 3. The molecule has 1 aromatic carbocycles. The molecule has 37 heavy (non-hydrogen) atoms. The summed E-state index contributed by atoms with van der Waals surface area (Å²) in [5.41, 5.74) is 0.504. The molecule has 5 rings (SSSR count). The van der Waals surface area contributed by atoms with Gasteiger partial charge in [0.1, 0.15) is 17.4 Å². The van der Waals surface area contributed by atoms with Gasteiger partial charge in [-0.3, -0.25) is 14.6 Å². The molecule has 3 heterocycles.